The molecular formula is C14H20N4. The summed E-state index contributed by atoms with van der Waals surface area (Å²) in [5.41, 5.74) is 8.04. The first-order valence-corrected chi connectivity index (χ1v) is 6.12. The first-order valence-electron chi connectivity index (χ1n) is 6.12. The highest BCUT2D eigenvalue weighted by atomic mass is 15.1. The Morgan fingerprint density at radius 2 is 2.00 bits per heavy atom. The maximum absolute atomic E-state index is 6.10. The van der Waals surface area contributed by atoms with Crippen molar-refractivity contribution in [3.63, 3.8) is 0 Å². The minimum absolute atomic E-state index is 0.838. The molecular weight excluding hydrogens is 224 g/mol. The number of pyridine rings is 1. The van der Waals surface area contributed by atoms with Gasteiger partial charge < -0.3 is 16.0 Å². The van der Waals surface area contributed by atoms with Crippen LogP contribution in [0.2, 0.25) is 0 Å². The Hall–Kier alpha value is -1.81. The van der Waals surface area contributed by atoms with Crippen molar-refractivity contribution in [3.8, 4) is 0 Å². The minimum Gasteiger partial charge on any atom is -0.398 e. The van der Waals surface area contributed by atoms with E-state index in [4.69, 9.17) is 5.73 Å². The molecule has 2 aromatic rings. The van der Waals surface area contributed by atoms with Crippen LogP contribution in [0.4, 0.5) is 11.5 Å². The summed E-state index contributed by atoms with van der Waals surface area (Å²) in [5, 5.41) is 5.51. The Balaban J connectivity index is 2.31. The van der Waals surface area contributed by atoms with E-state index >= 15 is 0 Å². The normalized spacial score (nSPS) is 11.1. The standard InChI is InChI=1S/C14H20N4/c1-10-4-5-12-11(13(10)15)6-7-16-14(12)17-8-9-18(2)3/h4-7H,8-9,15H2,1-3H3,(H,16,17). The summed E-state index contributed by atoms with van der Waals surface area (Å²) in [6, 6.07) is 6.08. The number of benzene rings is 1. The summed E-state index contributed by atoms with van der Waals surface area (Å²) in [6.07, 6.45) is 1.80. The molecule has 4 nitrogen and oxygen atoms in total. The number of nitrogens with zero attached hydrogens (tertiary/aromatic N) is 2. The van der Waals surface area contributed by atoms with Crippen LogP contribution < -0.4 is 11.1 Å². The molecule has 1 aromatic heterocycles. The molecule has 0 aliphatic rings. The van der Waals surface area contributed by atoms with Gasteiger partial charge >= 0.3 is 0 Å². The number of nitrogen functional groups attached to an aromatic ring is 1. The van der Waals surface area contributed by atoms with Gasteiger partial charge in [0.25, 0.3) is 0 Å². The molecule has 0 atom stereocenters. The highest BCUT2D eigenvalue weighted by Gasteiger charge is 2.06. The van der Waals surface area contributed by atoms with Gasteiger partial charge in [0.05, 0.1) is 0 Å². The Labute approximate surface area is 108 Å². The van der Waals surface area contributed by atoms with Crippen molar-refractivity contribution in [2.75, 3.05) is 38.2 Å². The third-order valence-electron chi connectivity index (χ3n) is 3.06. The maximum atomic E-state index is 6.10. The van der Waals surface area contributed by atoms with Gasteiger partial charge in [-0.3, -0.25) is 0 Å². The number of anilines is 2. The number of aromatic nitrogens is 1. The summed E-state index contributed by atoms with van der Waals surface area (Å²) < 4.78 is 0. The highest BCUT2D eigenvalue weighted by Crippen LogP contribution is 2.28. The van der Waals surface area contributed by atoms with Gasteiger partial charge in [-0.15, -0.1) is 0 Å². The fourth-order valence-electron chi connectivity index (χ4n) is 1.93. The lowest BCUT2D eigenvalue weighted by Crippen LogP contribution is -2.21. The average Bonchev–Trinajstić information content (AvgIpc) is 2.34. The first kappa shape index (κ1) is 12.6. The van der Waals surface area contributed by atoms with Crippen LogP contribution in [0.5, 0.6) is 0 Å². The zero-order chi connectivity index (χ0) is 13.1. The van der Waals surface area contributed by atoms with Gasteiger partial charge in [-0.2, -0.15) is 0 Å². The van der Waals surface area contributed by atoms with E-state index in [9.17, 15) is 0 Å². The van der Waals surface area contributed by atoms with E-state index in [1.807, 2.05) is 19.1 Å². The molecule has 0 aliphatic heterocycles. The fourth-order valence-corrected chi connectivity index (χ4v) is 1.93. The monoisotopic (exact) mass is 244 g/mol. The van der Waals surface area contributed by atoms with Crippen LogP contribution in [-0.4, -0.2) is 37.1 Å². The van der Waals surface area contributed by atoms with Crippen molar-refractivity contribution < 1.29 is 0 Å². The molecule has 0 fully saturated rings. The molecule has 2 rings (SSSR count). The van der Waals surface area contributed by atoms with E-state index in [0.29, 0.717) is 0 Å². The fraction of sp³-hybridized carbons (Fsp3) is 0.357. The zero-order valence-corrected chi connectivity index (χ0v) is 11.2. The SMILES string of the molecule is Cc1ccc2c(NCCN(C)C)nccc2c1N. The van der Waals surface area contributed by atoms with Gasteiger partial charge in [-0.1, -0.05) is 12.1 Å². The lowest BCUT2D eigenvalue weighted by atomic mass is 10.1. The molecule has 0 unspecified atom stereocenters. The summed E-state index contributed by atoms with van der Waals surface area (Å²) in [4.78, 5) is 6.52. The molecule has 1 aromatic carbocycles. The van der Waals surface area contributed by atoms with Crippen molar-refractivity contribution >= 4 is 22.3 Å². The van der Waals surface area contributed by atoms with Gasteiger partial charge in [0.1, 0.15) is 5.82 Å². The van der Waals surface area contributed by atoms with E-state index in [1.54, 1.807) is 6.20 Å². The van der Waals surface area contributed by atoms with Crippen molar-refractivity contribution in [1.29, 1.82) is 0 Å². The smallest absolute Gasteiger partial charge is 0.133 e. The molecule has 96 valence electrons. The van der Waals surface area contributed by atoms with Crippen molar-refractivity contribution in [1.82, 2.24) is 9.88 Å². The molecule has 0 saturated heterocycles. The Morgan fingerprint density at radius 1 is 1.22 bits per heavy atom. The van der Waals surface area contributed by atoms with Crippen LogP contribution in [0, 0.1) is 6.92 Å². The topological polar surface area (TPSA) is 54.2 Å². The molecule has 0 aliphatic carbocycles. The second-order valence-electron chi connectivity index (χ2n) is 4.78. The summed E-state index contributed by atoms with van der Waals surface area (Å²) >= 11 is 0. The molecule has 0 amide bonds. The second-order valence-corrected chi connectivity index (χ2v) is 4.78. The third kappa shape index (κ3) is 2.54. The van der Waals surface area contributed by atoms with Gasteiger partial charge in [0.15, 0.2) is 0 Å². The van der Waals surface area contributed by atoms with Gasteiger partial charge in [0.2, 0.25) is 0 Å². The van der Waals surface area contributed by atoms with Crippen LogP contribution >= 0.6 is 0 Å². The Kier molecular flexibility index (Phi) is 3.67. The second kappa shape index (κ2) is 5.23. The zero-order valence-electron chi connectivity index (χ0n) is 11.2. The number of nitrogens with one attached hydrogen (secondary N) is 1. The van der Waals surface area contributed by atoms with Crippen molar-refractivity contribution in [2.45, 2.75) is 6.92 Å². The number of hydrogen-bond acceptors (Lipinski definition) is 4. The summed E-state index contributed by atoms with van der Waals surface area (Å²) in [6.45, 7) is 3.86. The highest BCUT2D eigenvalue weighted by molar-refractivity contribution is 6.00. The largest absolute Gasteiger partial charge is 0.398 e. The van der Waals surface area contributed by atoms with Crippen LogP contribution in [-0.2, 0) is 0 Å². The van der Waals surface area contributed by atoms with Crippen molar-refractivity contribution in [3.05, 3.63) is 30.0 Å². The predicted molar refractivity (Wildman–Crippen MR) is 77.9 cm³/mol. The molecule has 18 heavy (non-hydrogen) atoms. The number of likely N-dealkylation sites (N-methyl/N-ethyl adjacent to an activating group) is 1. The van der Waals surface area contributed by atoms with Crippen LogP contribution in [0.25, 0.3) is 10.8 Å². The molecule has 4 heteroatoms. The number of fused-ring (bicyclic) bond motifs is 1. The molecule has 0 radical (unpaired) electrons. The van der Waals surface area contributed by atoms with Crippen molar-refractivity contribution in [2.24, 2.45) is 0 Å². The quantitative estimate of drug-likeness (QED) is 0.809. The van der Waals surface area contributed by atoms with Gasteiger partial charge in [0, 0.05) is 35.7 Å². The van der Waals surface area contributed by atoms with Crippen LogP contribution in [0.3, 0.4) is 0 Å². The van der Waals surface area contributed by atoms with E-state index in [2.05, 4.69) is 35.4 Å². The van der Waals surface area contributed by atoms with Gasteiger partial charge in [-0.25, -0.2) is 4.98 Å². The predicted octanol–water partition coefficient (Wildman–Crippen LogP) is 2.10. The summed E-state index contributed by atoms with van der Waals surface area (Å²) in [5.74, 6) is 0.904. The lowest BCUT2D eigenvalue weighted by molar-refractivity contribution is 0.425. The lowest BCUT2D eigenvalue weighted by Gasteiger charge is -2.13. The number of aryl methyl sites for hydroxylation is 1. The maximum Gasteiger partial charge on any atom is 0.133 e. The van der Waals surface area contributed by atoms with E-state index in [0.717, 1.165) is 40.9 Å². The third-order valence-corrected chi connectivity index (χ3v) is 3.06. The number of hydrogen-bond donors (Lipinski definition) is 2. The molecule has 0 spiro atoms. The van der Waals surface area contributed by atoms with E-state index in [1.165, 1.54) is 0 Å². The molecule has 0 saturated carbocycles. The molecule has 1 heterocycles. The van der Waals surface area contributed by atoms with Gasteiger partial charge in [-0.05, 0) is 32.6 Å². The Morgan fingerprint density at radius 3 is 2.72 bits per heavy atom. The number of rotatable bonds is 4. The van der Waals surface area contributed by atoms with Crippen LogP contribution in [0.15, 0.2) is 24.4 Å². The average molecular weight is 244 g/mol. The minimum atomic E-state index is 0.838. The summed E-state index contributed by atoms with van der Waals surface area (Å²) in [7, 11) is 4.11. The van der Waals surface area contributed by atoms with E-state index in [-0.39, 0.29) is 0 Å². The Bertz CT molecular complexity index is 549. The molecule has 0 bridgehead atoms. The first-order chi connectivity index (χ1) is 8.59. The number of nitrogens with two attached hydrogens (primary N) is 1. The van der Waals surface area contributed by atoms with Crippen LogP contribution in [0.1, 0.15) is 5.56 Å². The molecule has 3 N–H and O–H groups in total. The van der Waals surface area contributed by atoms with E-state index < -0.39 is 0 Å².